The Morgan fingerprint density at radius 1 is 1.64 bits per heavy atom. The van der Waals surface area contributed by atoms with Gasteiger partial charge in [-0.15, -0.1) is 0 Å². The van der Waals surface area contributed by atoms with Gasteiger partial charge in [0.05, 0.1) is 0 Å². The summed E-state index contributed by atoms with van der Waals surface area (Å²) >= 11 is 2.02. The van der Waals surface area contributed by atoms with Gasteiger partial charge < -0.3 is 5.32 Å². The van der Waals surface area contributed by atoms with Crippen molar-refractivity contribution in [3.05, 3.63) is 11.3 Å². The summed E-state index contributed by atoms with van der Waals surface area (Å²) in [7, 11) is 0. The minimum atomic E-state index is 0.617. The Hall–Kier alpha value is -0.640. The summed E-state index contributed by atoms with van der Waals surface area (Å²) in [5, 5.41) is 10.9. The van der Waals surface area contributed by atoms with Crippen LogP contribution in [-0.4, -0.2) is 27.7 Å². The van der Waals surface area contributed by atoms with Crippen molar-refractivity contribution in [1.29, 1.82) is 0 Å². The first-order valence-corrected chi connectivity index (χ1v) is 6.35. The van der Waals surface area contributed by atoms with Crippen molar-refractivity contribution in [3.63, 3.8) is 0 Å². The predicted molar refractivity (Wildman–Crippen MR) is 62.1 cm³/mol. The van der Waals surface area contributed by atoms with Crippen LogP contribution >= 0.6 is 11.8 Å². The molecule has 1 unspecified atom stereocenters. The quantitative estimate of drug-likeness (QED) is 0.805. The van der Waals surface area contributed by atoms with Crippen LogP contribution in [0.25, 0.3) is 0 Å². The lowest BCUT2D eigenvalue weighted by molar-refractivity contribution is 0.803. The second kappa shape index (κ2) is 4.26. The summed E-state index contributed by atoms with van der Waals surface area (Å²) in [6, 6.07) is 0.617. The Bertz CT molecular complexity index is 302. The number of nitrogens with one attached hydrogen (secondary N) is 2. The molecule has 0 amide bonds. The molecule has 1 atom stereocenters. The number of nitrogens with zero attached hydrogens (tertiary/aromatic N) is 1. The van der Waals surface area contributed by atoms with Crippen LogP contribution in [0, 0.1) is 6.92 Å². The molecule has 0 aromatic carbocycles. The van der Waals surface area contributed by atoms with Crippen LogP contribution in [0.1, 0.15) is 24.6 Å². The Morgan fingerprint density at radius 2 is 2.50 bits per heavy atom. The van der Waals surface area contributed by atoms with Gasteiger partial charge in [-0.2, -0.15) is 16.9 Å². The number of aryl methyl sites for hydroxylation is 1. The summed E-state index contributed by atoms with van der Waals surface area (Å²) in [5.74, 6) is 3.55. The fourth-order valence-electron chi connectivity index (χ4n) is 1.76. The van der Waals surface area contributed by atoms with E-state index in [1.807, 2.05) is 11.8 Å². The average molecular weight is 211 g/mol. The highest BCUT2D eigenvalue weighted by Crippen LogP contribution is 2.23. The number of rotatable bonds is 3. The van der Waals surface area contributed by atoms with Gasteiger partial charge in [-0.25, -0.2) is 0 Å². The summed E-state index contributed by atoms with van der Waals surface area (Å²) in [6.45, 7) is 4.28. The van der Waals surface area contributed by atoms with Crippen molar-refractivity contribution < 1.29 is 0 Å². The van der Waals surface area contributed by atoms with Crippen LogP contribution in [-0.2, 0) is 6.42 Å². The number of aromatic amines is 1. The zero-order chi connectivity index (χ0) is 9.97. The van der Waals surface area contributed by atoms with Gasteiger partial charge in [0.25, 0.3) is 0 Å². The molecular weight excluding hydrogens is 194 g/mol. The summed E-state index contributed by atoms with van der Waals surface area (Å²) in [4.78, 5) is 0. The topological polar surface area (TPSA) is 40.7 Å². The third-order valence-corrected chi connectivity index (χ3v) is 3.90. The van der Waals surface area contributed by atoms with Crippen LogP contribution in [0.4, 0.5) is 5.82 Å². The largest absolute Gasteiger partial charge is 0.365 e. The van der Waals surface area contributed by atoms with Crippen molar-refractivity contribution in [1.82, 2.24) is 10.2 Å². The first-order valence-electron chi connectivity index (χ1n) is 5.19. The maximum Gasteiger partial charge on any atom is 0.151 e. The number of thioether (sulfide) groups is 1. The zero-order valence-electron chi connectivity index (χ0n) is 8.76. The van der Waals surface area contributed by atoms with Crippen LogP contribution in [0.5, 0.6) is 0 Å². The Labute approximate surface area is 89.1 Å². The van der Waals surface area contributed by atoms with Gasteiger partial charge in [0.15, 0.2) is 5.82 Å². The number of hydrogen-bond donors (Lipinski definition) is 2. The van der Waals surface area contributed by atoms with Crippen molar-refractivity contribution in [2.45, 2.75) is 32.7 Å². The molecule has 0 aliphatic carbocycles. The van der Waals surface area contributed by atoms with Gasteiger partial charge >= 0.3 is 0 Å². The third-order valence-electron chi connectivity index (χ3n) is 2.73. The molecule has 1 aromatic rings. The maximum absolute atomic E-state index is 4.30. The molecule has 4 heteroatoms. The van der Waals surface area contributed by atoms with E-state index >= 15 is 0 Å². The molecule has 78 valence electrons. The molecule has 3 nitrogen and oxygen atoms in total. The minimum absolute atomic E-state index is 0.617. The van der Waals surface area contributed by atoms with Gasteiger partial charge in [0.1, 0.15) is 0 Å². The number of hydrogen-bond acceptors (Lipinski definition) is 3. The van der Waals surface area contributed by atoms with E-state index in [0.717, 1.165) is 12.2 Å². The normalized spacial score (nSPS) is 21.4. The van der Waals surface area contributed by atoms with Gasteiger partial charge in [-0.05, 0) is 25.5 Å². The molecule has 0 radical (unpaired) electrons. The molecule has 2 heterocycles. The zero-order valence-corrected chi connectivity index (χ0v) is 9.58. The molecule has 0 spiro atoms. The minimum Gasteiger partial charge on any atom is -0.365 e. The lowest BCUT2D eigenvalue weighted by Crippen LogP contribution is -2.18. The number of H-pyrrole nitrogens is 1. The van der Waals surface area contributed by atoms with Gasteiger partial charge in [-0.1, -0.05) is 6.92 Å². The van der Waals surface area contributed by atoms with Crippen molar-refractivity contribution >= 4 is 17.6 Å². The molecule has 2 rings (SSSR count). The molecule has 1 saturated heterocycles. The first kappa shape index (κ1) is 9.90. The first-order chi connectivity index (χ1) is 6.81. The molecule has 14 heavy (non-hydrogen) atoms. The van der Waals surface area contributed by atoms with E-state index in [-0.39, 0.29) is 0 Å². The average Bonchev–Trinajstić information content (AvgIpc) is 2.79. The third kappa shape index (κ3) is 1.90. The number of anilines is 1. The van der Waals surface area contributed by atoms with Gasteiger partial charge in [-0.3, -0.25) is 5.10 Å². The Balaban J connectivity index is 2.04. The standard InChI is InChI=1S/C10H17N3S/c1-3-9-7(2)10(13-12-9)11-8-4-5-14-6-8/h8H,3-6H2,1-2H3,(H2,11,12,13). The fraction of sp³-hybridized carbons (Fsp3) is 0.700. The molecule has 1 aromatic heterocycles. The van der Waals surface area contributed by atoms with E-state index in [1.54, 1.807) is 0 Å². The molecular formula is C10H17N3S. The summed E-state index contributed by atoms with van der Waals surface area (Å²) in [5.41, 5.74) is 2.53. The van der Waals surface area contributed by atoms with Crippen LogP contribution < -0.4 is 5.32 Å². The maximum atomic E-state index is 4.30. The Kier molecular flexibility index (Phi) is 3.01. The van der Waals surface area contributed by atoms with E-state index < -0.39 is 0 Å². The predicted octanol–water partition coefficient (Wildman–Crippen LogP) is 2.20. The highest BCUT2D eigenvalue weighted by atomic mass is 32.2. The molecule has 0 bridgehead atoms. The highest BCUT2D eigenvalue weighted by molar-refractivity contribution is 7.99. The second-order valence-electron chi connectivity index (χ2n) is 3.73. The SMILES string of the molecule is CCc1[nH]nc(NC2CCSC2)c1C. The van der Waals surface area contributed by atoms with Crippen LogP contribution in [0.15, 0.2) is 0 Å². The van der Waals surface area contributed by atoms with E-state index in [0.29, 0.717) is 6.04 Å². The molecule has 1 aliphatic rings. The summed E-state index contributed by atoms with van der Waals surface area (Å²) in [6.07, 6.45) is 2.29. The molecule has 0 saturated carbocycles. The Morgan fingerprint density at radius 3 is 3.07 bits per heavy atom. The van der Waals surface area contributed by atoms with E-state index in [9.17, 15) is 0 Å². The van der Waals surface area contributed by atoms with Gasteiger partial charge in [0.2, 0.25) is 0 Å². The van der Waals surface area contributed by atoms with E-state index in [2.05, 4.69) is 29.4 Å². The van der Waals surface area contributed by atoms with Crippen LogP contribution in [0.2, 0.25) is 0 Å². The van der Waals surface area contributed by atoms with Crippen molar-refractivity contribution in [3.8, 4) is 0 Å². The van der Waals surface area contributed by atoms with E-state index in [1.165, 1.54) is 29.2 Å². The van der Waals surface area contributed by atoms with Crippen molar-refractivity contribution in [2.75, 3.05) is 16.8 Å². The lowest BCUT2D eigenvalue weighted by Gasteiger charge is -2.10. The monoisotopic (exact) mass is 211 g/mol. The van der Waals surface area contributed by atoms with Gasteiger partial charge in [0, 0.05) is 23.1 Å². The van der Waals surface area contributed by atoms with Crippen LogP contribution in [0.3, 0.4) is 0 Å². The van der Waals surface area contributed by atoms with E-state index in [4.69, 9.17) is 0 Å². The molecule has 2 N–H and O–H groups in total. The second-order valence-corrected chi connectivity index (χ2v) is 4.88. The smallest absolute Gasteiger partial charge is 0.151 e. The van der Waals surface area contributed by atoms with Crippen molar-refractivity contribution in [2.24, 2.45) is 0 Å². The fourth-order valence-corrected chi connectivity index (χ4v) is 2.91. The number of aromatic nitrogens is 2. The molecule has 1 fully saturated rings. The highest BCUT2D eigenvalue weighted by Gasteiger charge is 2.17. The summed E-state index contributed by atoms with van der Waals surface area (Å²) < 4.78 is 0. The molecule has 1 aliphatic heterocycles. The lowest BCUT2D eigenvalue weighted by atomic mass is 10.2.